The lowest BCUT2D eigenvalue weighted by molar-refractivity contribution is -0.137. The van der Waals surface area contributed by atoms with Gasteiger partial charge in [-0.25, -0.2) is 9.48 Å². The predicted molar refractivity (Wildman–Crippen MR) is 207 cm³/mol. The van der Waals surface area contributed by atoms with Gasteiger partial charge in [-0.3, -0.25) is 9.59 Å². The molecule has 1 aliphatic carbocycles. The number of ether oxygens (including phenoxy) is 2. The zero-order valence-electron chi connectivity index (χ0n) is 31.0. The van der Waals surface area contributed by atoms with Gasteiger partial charge >= 0.3 is 11.9 Å². The molecule has 2 atom stereocenters. The second-order valence-electron chi connectivity index (χ2n) is 13.4. The molecule has 1 amide bonds. The van der Waals surface area contributed by atoms with Gasteiger partial charge in [0.1, 0.15) is 24.5 Å². The topological polar surface area (TPSA) is 164 Å². The standard InChI is InChI=1S/C28H34N4O4.C13H14N2O3/c1-36-19-25-24(18-32(31-25)23-10-6-3-7-11-23)27(20-8-4-2-5-9-20)30-22-14-12-21(13-15-22)28(35)29-17-16-26(33)34;1-15(10-6-4-3-5-7-10)8-11(13(16)17)12(14-15)9-18-2/h3,6-7,10-15,18,20,27,30H,2,4-5,8-9,16-17,19H2,1H3,(H,29,35)(H,33,34);3-8H,9H2,1-2H3/p+1. The Morgan fingerprint density at radius 1 is 0.889 bits per heavy atom. The van der Waals surface area contributed by atoms with Crippen LogP contribution in [0.15, 0.2) is 108 Å². The van der Waals surface area contributed by atoms with Crippen LogP contribution < -0.4 is 15.2 Å². The number of hydrogen-bond acceptors (Lipinski definition) is 8. The molecule has 284 valence electrons. The van der Waals surface area contributed by atoms with E-state index < -0.39 is 11.9 Å². The molecule has 13 heteroatoms. The summed E-state index contributed by atoms with van der Waals surface area (Å²) < 4.78 is 12.5. The maximum absolute atomic E-state index is 12.3. The molecule has 1 saturated carbocycles. The lowest BCUT2D eigenvalue weighted by Crippen LogP contribution is -2.30. The minimum Gasteiger partial charge on any atom is -0.481 e. The lowest BCUT2D eigenvalue weighted by atomic mass is 9.81. The Bertz CT molecular complexity index is 1920. The number of rotatable bonds is 15. The third-order valence-electron chi connectivity index (χ3n) is 9.49. The van der Waals surface area contributed by atoms with Gasteiger partial charge in [-0.05, 0) is 55.2 Å². The molecule has 2 heterocycles. The van der Waals surface area contributed by atoms with Gasteiger partial charge in [0.15, 0.2) is 5.69 Å². The molecule has 1 aliphatic heterocycles. The van der Waals surface area contributed by atoms with Crippen LogP contribution in [0.2, 0.25) is 0 Å². The van der Waals surface area contributed by atoms with Crippen LogP contribution in [0.1, 0.15) is 66.2 Å². The van der Waals surface area contributed by atoms with Crippen molar-refractivity contribution in [3.8, 4) is 5.69 Å². The molecule has 1 aromatic heterocycles. The summed E-state index contributed by atoms with van der Waals surface area (Å²) in [7, 11) is 5.04. The molecule has 13 nitrogen and oxygen atoms in total. The maximum atomic E-state index is 12.3. The summed E-state index contributed by atoms with van der Waals surface area (Å²) in [6, 6.07) is 27.0. The number of aromatic nitrogens is 2. The zero-order chi connectivity index (χ0) is 38.5. The van der Waals surface area contributed by atoms with Gasteiger partial charge in [0.05, 0.1) is 37.1 Å². The van der Waals surface area contributed by atoms with E-state index in [2.05, 4.69) is 21.9 Å². The molecule has 6 rings (SSSR count). The normalized spacial score (nSPS) is 17.4. The predicted octanol–water partition coefficient (Wildman–Crippen LogP) is 6.56. The van der Waals surface area contributed by atoms with E-state index in [0.29, 0.717) is 23.8 Å². The summed E-state index contributed by atoms with van der Waals surface area (Å²) in [5.74, 6) is -1.74. The first-order valence-electron chi connectivity index (χ1n) is 18.1. The van der Waals surface area contributed by atoms with Gasteiger partial charge in [0, 0.05) is 55.9 Å². The first-order valence-corrected chi connectivity index (χ1v) is 18.1. The number of carboxylic acids is 2. The van der Waals surface area contributed by atoms with E-state index in [4.69, 9.17) is 19.7 Å². The summed E-state index contributed by atoms with van der Waals surface area (Å²) in [4.78, 5) is 34.2. The number of nitrogens with zero attached hydrogens (tertiary/aromatic N) is 4. The fourth-order valence-electron chi connectivity index (χ4n) is 6.79. The Hall–Kier alpha value is -5.63. The second kappa shape index (κ2) is 18.9. The van der Waals surface area contributed by atoms with Crippen LogP contribution in [0, 0.1) is 5.92 Å². The second-order valence-corrected chi connectivity index (χ2v) is 13.4. The van der Waals surface area contributed by atoms with E-state index in [1.165, 1.54) is 26.4 Å². The van der Waals surface area contributed by atoms with Crippen LogP contribution in [0.25, 0.3) is 5.69 Å². The highest BCUT2D eigenvalue weighted by Gasteiger charge is 2.36. The number of aliphatic carboxylic acids is 2. The lowest BCUT2D eigenvalue weighted by Gasteiger charge is -2.32. The van der Waals surface area contributed by atoms with Crippen molar-refractivity contribution in [1.82, 2.24) is 19.7 Å². The fourth-order valence-corrected chi connectivity index (χ4v) is 6.79. The molecule has 3 aromatic carbocycles. The van der Waals surface area contributed by atoms with E-state index in [0.717, 1.165) is 41.2 Å². The average Bonchev–Trinajstić information content (AvgIpc) is 3.77. The SMILES string of the molecule is COCC1=N[N+](C)(c2ccccc2)C=C1C(=O)O.COCc1nn(-c2ccccc2)cc1C(Nc1ccc(C(=O)NCCC(=O)O)cc1)C1CCCCC1. The smallest absolute Gasteiger partial charge is 0.343 e. The molecule has 0 radical (unpaired) electrons. The number of amides is 1. The fraction of sp³-hybridized carbons (Fsp3) is 0.341. The van der Waals surface area contributed by atoms with Crippen molar-refractivity contribution in [2.45, 2.75) is 51.2 Å². The summed E-state index contributed by atoms with van der Waals surface area (Å²) in [5.41, 5.74) is 6.02. The molecule has 2 aliphatic rings. The number of methoxy groups -OCH3 is 2. The minimum absolute atomic E-state index is 0.0585. The Morgan fingerprint density at radius 3 is 2.15 bits per heavy atom. The summed E-state index contributed by atoms with van der Waals surface area (Å²) in [6.07, 6.45) is 9.61. The minimum atomic E-state index is -0.983. The molecule has 0 spiro atoms. The van der Waals surface area contributed by atoms with Crippen molar-refractivity contribution in [2.24, 2.45) is 11.0 Å². The Kier molecular flexibility index (Phi) is 13.9. The van der Waals surface area contributed by atoms with Crippen molar-refractivity contribution in [1.29, 1.82) is 0 Å². The number of hydrogen-bond donors (Lipinski definition) is 4. The molecule has 0 bridgehead atoms. The van der Waals surface area contributed by atoms with Gasteiger partial charge in [-0.15, -0.1) is 4.59 Å². The average molecular weight is 738 g/mol. The molecule has 1 fully saturated rings. The van der Waals surface area contributed by atoms with E-state index in [9.17, 15) is 19.5 Å². The number of carboxylic acid groups (broad SMARTS) is 2. The Balaban J connectivity index is 0.000000260. The number of para-hydroxylation sites is 2. The molecular weight excluding hydrogens is 688 g/mol. The molecular formula is C41H49N6O7+. The van der Waals surface area contributed by atoms with Crippen LogP contribution in [-0.4, -0.2) is 78.0 Å². The highest BCUT2D eigenvalue weighted by Crippen LogP contribution is 2.38. The van der Waals surface area contributed by atoms with Crippen molar-refractivity contribution >= 4 is 34.9 Å². The van der Waals surface area contributed by atoms with E-state index in [1.807, 2.05) is 84.5 Å². The van der Waals surface area contributed by atoms with E-state index >= 15 is 0 Å². The highest BCUT2D eigenvalue weighted by atomic mass is 16.5. The van der Waals surface area contributed by atoms with Crippen LogP contribution in [0.4, 0.5) is 11.4 Å². The third kappa shape index (κ3) is 10.3. The number of quaternary nitrogens is 1. The number of nitrogens with one attached hydrogen (secondary N) is 2. The van der Waals surface area contributed by atoms with Gasteiger partial charge in [-0.1, -0.05) is 60.8 Å². The summed E-state index contributed by atoms with van der Waals surface area (Å²) in [6.45, 7) is 0.722. The number of carbonyl (C=O) groups is 3. The Morgan fingerprint density at radius 2 is 1.54 bits per heavy atom. The first-order chi connectivity index (χ1) is 26.1. The maximum Gasteiger partial charge on any atom is 0.343 e. The number of carbonyl (C=O) groups excluding carboxylic acids is 1. The van der Waals surface area contributed by atoms with Crippen molar-refractivity contribution in [3.63, 3.8) is 0 Å². The van der Waals surface area contributed by atoms with Crippen LogP contribution in [0.5, 0.6) is 0 Å². The number of benzene rings is 3. The van der Waals surface area contributed by atoms with Crippen molar-refractivity contribution in [3.05, 3.63) is 120 Å². The first kappa shape index (κ1) is 39.6. The van der Waals surface area contributed by atoms with Gasteiger partial charge < -0.3 is 30.3 Å². The van der Waals surface area contributed by atoms with Crippen LogP contribution in [0.3, 0.4) is 0 Å². The van der Waals surface area contributed by atoms with Crippen LogP contribution >= 0.6 is 0 Å². The van der Waals surface area contributed by atoms with Crippen LogP contribution in [-0.2, 0) is 25.7 Å². The molecule has 54 heavy (non-hydrogen) atoms. The largest absolute Gasteiger partial charge is 0.481 e. The van der Waals surface area contributed by atoms with Crippen molar-refractivity contribution < 1.29 is 34.1 Å². The van der Waals surface area contributed by atoms with E-state index in [-0.39, 0.29) is 41.7 Å². The summed E-state index contributed by atoms with van der Waals surface area (Å²) in [5, 5.41) is 33.6. The molecule has 0 saturated heterocycles. The molecule has 4 aromatic rings. The third-order valence-corrected chi connectivity index (χ3v) is 9.49. The highest BCUT2D eigenvalue weighted by molar-refractivity contribution is 6.21. The van der Waals surface area contributed by atoms with Crippen molar-refractivity contribution in [2.75, 3.05) is 39.7 Å². The summed E-state index contributed by atoms with van der Waals surface area (Å²) >= 11 is 0. The van der Waals surface area contributed by atoms with Gasteiger partial charge in [-0.2, -0.15) is 5.10 Å². The van der Waals surface area contributed by atoms with E-state index in [1.54, 1.807) is 25.4 Å². The Labute approximate surface area is 315 Å². The number of anilines is 1. The zero-order valence-corrected chi connectivity index (χ0v) is 31.0. The quantitative estimate of drug-likeness (QED) is 0.0989. The molecule has 2 unspecified atom stereocenters. The monoisotopic (exact) mass is 737 g/mol. The van der Waals surface area contributed by atoms with Gasteiger partial charge in [0.25, 0.3) is 5.91 Å². The molecule has 4 N–H and O–H groups in total. The van der Waals surface area contributed by atoms with Gasteiger partial charge in [0.2, 0.25) is 0 Å².